The lowest BCUT2D eigenvalue weighted by molar-refractivity contribution is 0.0977. The molecular formula is C12H12FN5OS2. The first-order valence-corrected chi connectivity index (χ1v) is 7.48. The molecule has 0 aliphatic carbocycles. The molecule has 21 heavy (non-hydrogen) atoms. The molecule has 0 unspecified atom stereocenters. The summed E-state index contributed by atoms with van der Waals surface area (Å²) in [5.41, 5.74) is 2.99. The molecule has 0 saturated heterocycles. The van der Waals surface area contributed by atoms with Gasteiger partial charge in [-0.2, -0.15) is 0 Å². The monoisotopic (exact) mass is 325 g/mol. The van der Waals surface area contributed by atoms with Crippen molar-refractivity contribution in [1.82, 2.24) is 20.2 Å². The van der Waals surface area contributed by atoms with Gasteiger partial charge in [0.25, 0.3) is 5.91 Å². The number of amides is 1. The molecule has 0 aliphatic heterocycles. The average molecular weight is 325 g/mol. The van der Waals surface area contributed by atoms with Gasteiger partial charge in [0, 0.05) is 5.56 Å². The molecule has 1 aromatic heterocycles. The fraction of sp³-hybridized carbons (Fsp3) is 0.167. The highest BCUT2D eigenvalue weighted by molar-refractivity contribution is 7.98. The molecule has 2 rings (SSSR count). The molecule has 0 spiro atoms. The molecule has 2 aromatic rings. The normalized spacial score (nSPS) is 10.2. The topological polar surface area (TPSA) is 71.8 Å². The second-order valence-electron chi connectivity index (χ2n) is 3.97. The average Bonchev–Trinajstić information content (AvgIpc) is 2.79. The number of hydrogen-bond acceptors (Lipinski definition) is 5. The lowest BCUT2D eigenvalue weighted by atomic mass is 10.2. The highest BCUT2D eigenvalue weighted by Gasteiger charge is 2.12. The lowest BCUT2D eigenvalue weighted by Gasteiger charge is -2.12. The Morgan fingerprint density at radius 3 is 2.86 bits per heavy atom. The summed E-state index contributed by atoms with van der Waals surface area (Å²) in [5, 5.41) is 11.0. The molecule has 0 atom stereocenters. The molecule has 0 bridgehead atoms. The van der Waals surface area contributed by atoms with E-state index in [1.807, 2.05) is 6.26 Å². The van der Waals surface area contributed by atoms with Crippen molar-refractivity contribution >= 4 is 35.0 Å². The third-order valence-corrected chi connectivity index (χ3v) is 3.33. The van der Waals surface area contributed by atoms with Crippen LogP contribution in [0.25, 0.3) is 0 Å². The van der Waals surface area contributed by atoms with Crippen molar-refractivity contribution in [3.05, 3.63) is 41.5 Å². The van der Waals surface area contributed by atoms with Crippen molar-refractivity contribution in [2.45, 2.75) is 12.1 Å². The first kappa shape index (κ1) is 15.4. The highest BCUT2D eigenvalue weighted by Crippen LogP contribution is 2.10. The number of thiocarbonyl (C=S) groups is 1. The van der Waals surface area contributed by atoms with Crippen LogP contribution in [0.5, 0.6) is 0 Å². The number of benzene rings is 1. The van der Waals surface area contributed by atoms with Crippen LogP contribution >= 0.6 is 24.0 Å². The third kappa shape index (κ3) is 3.76. The fourth-order valence-electron chi connectivity index (χ4n) is 1.54. The van der Waals surface area contributed by atoms with Crippen LogP contribution in [0, 0.1) is 12.7 Å². The molecule has 6 nitrogen and oxygen atoms in total. The van der Waals surface area contributed by atoms with Gasteiger partial charge in [-0.25, -0.2) is 9.07 Å². The summed E-state index contributed by atoms with van der Waals surface area (Å²) in [4.78, 5) is 11.9. The number of halogens is 1. The molecule has 9 heteroatoms. The Kier molecular flexibility index (Phi) is 4.86. The number of thioether (sulfide) groups is 1. The van der Waals surface area contributed by atoms with E-state index in [0.29, 0.717) is 11.0 Å². The van der Waals surface area contributed by atoms with Gasteiger partial charge in [-0.15, -0.1) is 10.2 Å². The van der Waals surface area contributed by atoms with E-state index in [2.05, 4.69) is 20.9 Å². The van der Waals surface area contributed by atoms with Crippen LogP contribution in [0.1, 0.15) is 16.2 Å². The van der Waals surface area contributed by atoms with Crippen LogP contribution in [-0.4, -0.2) is 32.1 Å². The van der Waals surface area contributed by atoms with Gasteiger partial charge in [0.05, 0.1) is 0 Å². The fourth-order valence-corrected chi connectivity index (χ4v) is 2.21. The van der Waals surface area contributed by atoms with Crippen LogP contribution in [0.15, 0.2) is 29.4 Å². The van der Waals surface area contributed by atoms with Crippen LogP contribution in [-0.2, 0) is 0 Å². The number of aromatic nitrogens is 3. The predicted molar refractivity (Wildman–Crippen MR) is 82.4 cm³/mol. The Morgan fingerprint density at radius 1 is 1.43 bits per heavy atom. The Balaban J connectivity index is 2.05. The molecular weight excluding hydrogens is 313 g/mol. The van der Waals surface area contributed by atoms with Gasteiger partial charge in [-0.05, 0) is 43.6 Å². The Labute approximate surface area is 130 Å². The molecule has 1 aromatic carbocycles. The maximum atomic E-state index is 13.1. The number of carbonyl (C=O) groups excluding carboxylic acids is 1. The van der Waals surface area contributed by atoms with Crippen LogP contribution in [0.3, 0.4) is 0 Å². The van der Waals surface area contributed by atoms with Gasteiger partial charge in [0.1, 0.15) is 11.6 Å². The van der Waals surface area contributed by atoms with Crippen molar-refractivity contribution in [1.29, 1.82) is 0 Å². The second-order valence-corrected chi connectivity index (χ2v) is 5.16. The minimum atomic E-state index is -0.497. The van der Waals surface area contributed by atoms with Crippen molar-refractivity contribution in [2.75, 3.05) is 11.7 Å². The zero-order valence-corrected chi connectivity index (χ0v) is 12.9. The molecule has 0 aliphatic rings. The maximum Gasteiger partial charge on any atom is 0.257 e. The van der Waals surface area contributed by atoms with Crippen LogP contribution < -0.4 is 10.7 Å². The number of aryl methyl sites for hydroxylation is 1. The van der Waals surface area contributed by atoms with Gasteiger partial charge >= 0.3 is 0 Å². The minimum absolute atomic E-state index is 0.0717. The summed E-state index contributed by atoms with van der Waals surface area (Å²) in [6, 6.07) is 5.35. The van der Waals surface area contributed by atoms with E-state index in [-0.39, 0.29) is 10.7 Å². The molecule has 0 radical (unpaired) electrons. The van der Waals surface area contributed by atoms with Crippen molar-refractivity contribution in [3.8, 4) is 0 Å². The van der Waals surface area contributed by atoms with Gasteiger partial charge in [0.2, 0.25) is 5.16 Å². The lowest BCUT2D eigenvalue weighted by Crippen LogP contribution is -2.38. The minimum Gasteiger partial charge on any atom is -0.298 e. The van der Waals surface area contributed by atoms with E-state index in [0.717, 1.165) is 6.07 Å². The molecule has 0 fully saturated rings. The maximum absolute atomic E-state index is 13.1. The number of carbonyl (C=O) groups is 1. The standard InChI is InChI=1S/C12H12FN5OS2/c1-7-15-16-12(21-2)18(7)17-11(20)14-10(19)8-4-3-5-9(13)6-8/h3-6H,1-2H3,(H2,14,17,19,20). The van der Waals surface area contributed by atoms with Crippen molar-refractivity contribution in [3.63, 3.8) is 0 Å². The van der Waals surface area contributed by atoms with E-state index in [4.69, 9.17) is 12.2 Å². The molecule has 2 N–H and O–H groups in total. The van der Waals surface area contributed by atoms with Crippen molar-refractivity contribution in [2.24, 2.45) is 0 Å². The van der Waals surface area contributed by atoms with E-state index in [1.165, 1.54) is 30.0 Å². The highest BCUT2D eigenvalue weighted by atomic mass is 32.2. The smallest absolute Gasteiger partial charge is 0.257 e. The number of nitrogens with zero attached hydrogens (tertiary/aromatic N) is 3. The summed E-state index contributed by atoms with van der Waals surface area (Å²) < 4.78 is 14.6. The SMILES string of the molecule is CSc1nnc(C)n1NC(=S)NC(=O)c1cccc(F)c1. The third-order valence-electron chi connectivity index (χ3n) is 2.50. The van der Waals surface area contributed by atoms with Gasteiger partial charge in [-0.3, -0.25) is 15.5 Å². The molecule has 1 amide bonds. The second kappa shape index (κ2) is 6.64. The molecule has 110 valence electrons. The van der Waals surface area contributed by atoms with Crippen molar-refractivity contribution < 1.29 is 9.18 Å². The number of hydrogen-bond donors (Lipinski definition) is 2. The number of nitrogens with one attached hydrogen (secondary N) is 2. The Bertz CT molecular complexity index is 688. The van der Waals surface area contributed by atoms with Gasteiger partial charge in [-0.1, -0.05) is 17.8 Å². The quantitative estimate of drug-likeness (QED) is 0.661. The summed E-state index contributed by atoms with van der Waals surface area (Å²) in [5.74, 6) is -0.383. The summed E-state index contributed by atoms with van der Waals surface area (Å²) >= 11 is 6.44. The molecule has 0 saturated carbocycles. The zero-order chi connectivity index (χ0) is 15.4. The van der Waals surface area contributed by atoms with E-state index in [1.54, 1.807) is 11.6 Å². The van der Waals surface area contributed by atoms with E-state index < -0.39 is 11.7 Å². The Hall–Kier alpha value is -2.00. The van der Waals surface area contributed by atoms with Crippen LogP contribution in [0.4, 0.5) is 4.39 Å². The van der Waals surface area contributed by atoms with Gasteiger partial charge < -0.3 is 0 Å². The first-order valence-electron chi connectivity index (χ1n) is 5.85. The molecule has 1 heterocycles. The summed E-state index contributed by atoms with van der Waals surface area (Å²) in [6.07, 6.45) is 1.84. The summed E-state index contributed by atoms with van der Waals surface area (Å²) in [6.45, 7) is 1.75. The predicted octanol–water partition coefficient (Wildman–Crippen LogP) is 1.71. The number of rotatable bonds is 3. The first-order chi connectivity index (χ1) is 10.0. The van der Waals surface area contributed by atoms with E-state index in [9.17, 15) is 9.18 Å². The largest absolute Gasteiger partial charge is 0.298 e. The Morgan fingerprint density at radius 2 is 2.19 bits per heavy atom. The summed E-state index contributed by atoms with van der Waals surface area (Å²) in [7, 11) is 0. The van der Waals surface area contributed by atoms with Crippen LogP contribution in [0.2, 0.25) is 0 Å². The van der Waals surface area contributed by atoms with E-state index >= 15 is 0 Å². The van der Waals surface area contributed by atoms with Gasteiger partial charge in [0.15, 0.2) is 5.11 Å². The zero-order valence-electron chi connectivity index (χ0n) is 11.3.